The fourth-order valence-corrected chi connectivity index (χ4v) is 1.54. The average Bonchev–Trinajstić information content (AvgIpc) is 2.45. The van der Waals surface area contributed by atoms with Crippen molar-refractivity contribution in [2.75, 3.05) is 7.11 Å². The van der Waals surface area contributed by atoms with Crippen molar-refractivity contribution in [1.82, 2.24) is 0 Å². The number of Topliss-reactive ketones (excluding diaryl/α,β-unsaturated/α-hetero) is 2. The molecule has 0 atom stereocenters. The third-order valence-corrected chi connectivity index (χ3v) is 2.50. The molecule has 2 aromatic rings. The largest absolute Gasteiger partial charge is 0.463 e. The van der Waals surface area contributed by atoms with Crippen LogP contribution in [-0.2, 0) is 14.3 Å². The number of hydrogen-bond donors (Lipinski definition) is 0. The van der Waals surface area contributed by atoms with Gasteiger partial charge >= 0.3 is 11.8 Å². The molecule has 0 amide bonds. The Kier molecular flexibility index (Phi) is 3.24. The monoisotopic (exact) mass is 260 g/mol. The van der Waals surface area contributed by atoms with Crippen molar-refractivity contribution in [3.63, 3.8) is 0 Å². The first-order valence-electron chi connectivity index (χ1n) is 5.23. The molecule has 1 heterocycles. The van der Waals surface area contributed by atoms with Gasteiger partial charge in [-0.05, 0) is 12.1 Å². The highest BCUT2D eigenvalue weighted by Gasteiger charge is 2.28. The van der Waals surface area contributed by atoms with E-state index in [-0.39, 0.29) is 11.0 Å². The summed E-state index contributed by atoms with van der Waals surface area (Å²) in [5.74, 6) is -3.98. The van der Waals surface area contributed by atoms with E-state index in [2.05, 4.69) is 4.74 Å². The fourth-order valence-electron chi connectivity index (χ4n) is 1.54. The highest BCUT2D eigenvalue weighted by atomic mass is 16.5. The van der Waals surface area contributed by atoms with Crippen LogP contribution in [0, 0.1) is 0 Å². The van der Waals surface area contributed by atoms with Crippen LogP contribution in [0.25, 0.3) is 11.0 Å². The molecule has 0 N–H and O–H groups in total. The Balaban J connectivity index is 2.55. The summed E-state index contributed by atoms with van der Waals surface area (Å²) in [5.41, 5.74) is -0.868. The number of rotatable bonds is 3. The number of carbonyl (C=O) groups is 3. The van der Waals surface area contributed by atoms with Crippen LogP contribution in [0.3, 0.4) is 0 Å². The first-order chi connectivity index (χ1) is 9.06. The zero-order valence-electron chi connectivity index (χ0n) is 9.84. The van der Waals surface area contributed by atoms with Crippen LogP contribution in [0.5, 0.6) is 0 Å². The number of carbonyl (C=O) groups excluding carboxylic acids is 3. The lowest BCUT2D eigenvalue weighted by molar-refractivity contribution is -0.149. The van der Waals surface area contributed by atoms with E-state index < -0.39 is 28.5 Å². The van der Waals surface area contributed by atoms with Crippen molar-refractivity contribution < 1.29 is 23.5 Å². The van der Waals surface area contributed by atoms with Gasteiger partial charge in [0.25, 0.3) is 0 Å². The van der Waals surface area contributed by atoms with Gasteiger partial charge in [0.1, 0.15) is 17.4 Å². The number of hydrogen-bond acceptors (Lipinski definition) is 6. The molecule has 0 aliphatic carbocycles. The van der Waals surface area contributed by atoms with Crippen molar-refractivity contribution in [3.05, 3.63) is 46.3 Å². The summed E-state index contributed by atoms with van der Waals surface area (Å²) < 4.78 is 9.22. The molecule has 0 saturated carbocycles. The Hall–Kier alpha value is -2.76. The van der Waals surface area contributed by atoms with E-state index in [1.807, 2.05) is 0 Å². The van der Waals surface area contributed by atoms with Crippen molar-refractivity contribution in [2.24, 2.45) is 0 Å². The van der Waals surface area contributed by atoms with Crippen molar-refractivity contribution in [1.29, 1.82) is 0 Å². The molecule has 19 heavy (non-hydrogen) atoms. The van der Waals surface area contributed by atoms with E-state index in [1.165, 1.54) is 6.07 Å². The van der Waals surface area contributed by atoms with Crippen LogP contribution in [0.1, 0.15) is 10.4 Å². The summed E-state index contributed by atoms with van der Waals surface area (Å²) in [4.78, 5) is 46.0. The highest BCUT2D eigenvalue weighted by Crippen LogP contribution is 2.11. The summed E-state index contributed by atoms with van der Waals surface area (Å²) in [7, 11) is 0.969. The zero-order valence-corrected chi connectivity index (χ0v) is 9.84. The van der Waals surface area contributed by atoms with Gasteiger partial charge in [0.2, 0.25) is 11.2 Å². The molecule has 0 bridgehead atoms. The molecule has 0 unspecified atom stereocenters. The topological polar surface area (TPSA) is 90.7 Å². The van der Waals surface area contributed by atoms with E-state index in [0.29, 0.717) is 0 Å². The van der Waals surface area contributed by atoms with E-state index >= 15 is 0 Å². The lowest BCUT2D eigenvalue weighted by Crippen LogP contribution is -2.29. The molecule has 0 saturated heterocycles. The molecule has 0 aliphatic heterocycles. The maximum atomic E-state index is 12.0. The van der Waals surface area contributed by atoms with Gasteiger partial charge in [0.05, 0.1) is 12.5 Å². The first kappa shape index (κ1) is 12.7. The predicted octanol–water partition coefficient (Wildman–Crippen LogP) is 0.718. The van der Waals surface area contributed by atoms with Gasteiger partial charge in [0.15, 0.2) is 0 Å². The smallest absolute Gasteiger partial charge is 0.383 e. The molecule has 96 valence electrons. The van der Waals surface area contributed by atoms with Gasteiger partial charge in [-0.25, -0.2) is 4.79 Å². The molecule has 1 aromatic heterocycles. The minimum atomic E-state index is -1.41. The summed E-state index contributed by atoms with van der Waals surface area (Å²) in [6, 6.07) is 6.26. The van der Waals surface area contributed by atoms with Crippen LogP contribution in [0.4, 0.5) is 0 Å². The Morgan fingerprint density at radius 3 is 2.53 bits per heavy atom. The lowest BCUT2D eigenvalue weighted by atomic mass is 10.1. The second-order valence-corrected chi connectivity index (χ2v) is 3.62. The summed E-state index contributed by atoms with van der Waals surface area (Å²) >= 11 is 0. The number of methoxy groups -OCH3 is 1. The minimum absolute atomic E-state index is 0.158. The second-order valence-electron chi connectivity index (χ2n) is 3.62. The third kappa shape index (κ3) is 2.15. The van der Waals surface area contributed by atoms with E-state index in [0.717, 1.165) is 13.4 Å². The number of esters is 1. The molecular formula is C13H8O6. The number of ether oxygens (including phenoxy) is 1. The van der Waals surface area contributed by atoms with Crippen molar-refractivity contribution >= 4 is 28.5 Å². The summed E-state index contributed by atoms with van der Waals surface area (Å²) in [5, 5.41) is 0.158. The second kappa shape index (κ2) is 4.85. The molecule has 0 aliphatic rings. The number of benzene rings is 1. The Labute approximate surface area is 106 Å². The first-order valence-corrected chi connectivity index (χ1v) is 5.23. The van der Waals surface area contributed by atoms with Gasteiger partial charge < -0.3 is 9.15 Å². The van der Waals surface area contributed by atoms with Crippen LogP contribution < -0.4 is 5.43 Å². The quantitative estimate of drug-likeness (QED) is 0.349. The average molecular weight is 260 g/mol. The van der Waals surface area contributed by atoms with E-state index in [1.54, 1.807) is 18.2 Å². The Morgan fingerprint density at radius 2 is 1.84 bits per heavy atom. The van der Waals surface area contributed by atoms with Gasteiger partial charge in [-0.1, -0.05) is 12.1 Å². The molecular weight excluding hydrogens is 252 g/mol. The lowest BCUT2D eigenvalue weighted by Gasteiger charge is -2.00. The zero-order chi connectivity index (χ0) is 14.0. The maximum absolute atomic E-state index is 12.0. The standard InChI is InChI=1S/C13H8O6/c1-18-13(17)12(16)11(15)8-6-19-9-5-3-2-4-7(9)10(8)14/h2-6H,1H3. The van der Waals surface area contributed by atoms with Gasteiger partial charge in [-0.15, -0.1) is 0 Å². The fraction of sp³-hybridized carbons (Fsp3) is 0.0769. The Morgan fingerprint density at radius 1 is 1.16 bits per heavy atom. The molecule has 1 aromatic carbocycles. The summed E-state index contributed by atoms with van der Waals surface area (Å²) in [6.07, 6.45) is 0.869. The number of ketones is 2. The number of para-hydroxylation sites is 1. The van der Waals surface area contributed by atoms with Crippen LogP contribution in [-0.4, -0.2) is 24.6 Å². The van der Waals surface area contributed by atoms with E-state index in [9.17, 15) is 19.2 Å². The van der Waals surface area contributed by atoms with Crippen molar-refractivity contribution in [2.45, 2.75) is 0 Å². The molecule has 6 heteroatoms. The van der Waals surface area contributed by atoms with Gasteiger partial charge in [0, 0.05) is 0 Å². The van der Waals surface area contributed by atoms with Gasteiger partial charge in [-0.2, -0.15) is 0 Å². The maximum Gasteiger partial charge on any atom is 0.383 e. The molecule has 2 rings (SSSR count). The Bertz CT molecular complexity index is 740. The molecule has 0 spiro atoms. The van der Waals surface area contributed by atoms with Crippen LogP contribution in [0.15, 0.2) is 39.7 Å². The normalized spacial score (nSPS) is 10.2. The predicted molar refractivity (Wildman–Crippen MR) is 63.8 cm³/mol. The SMILES string of the molecule is COC(=O)C(=O)C(=O)c1coc2ccccc2c1=O. The summed E-state index contributed by atoms with van der Waals surface area (Å²) in [6.45, 7) is 0. The van der Waals surface area contributed by atoms with Crippen LogP contribution >= 0.6 is 0 Å². The van der Waals surface area contributed by atoms with E-state index in [4.69, 9.17) is 4.42 Å². The minimum Gasteiger partial charge on any atom is -0.463 e. The molecule has 0 fully saturated rings. The van der Waals surface area contributed by atoms with Crippen molar-refractivity contribution in [3.8, 4) is 0 Å². The highest BCUT2D eigenvalue weighted by molar-refractivity contribution is 6.65. The third-order valence-electron chi connectivity index (χ3n) is 2.50. The molecule has 0 radical (unpaired) electrons. The number of fused-ring (bicyclic) bond motifs is 1. The van der Waals surface area contributed by atoms with Gasteiger partial charge in [-0.3, -0.25) is 14.4 Å². The molecule has 6 nitrogen and oxygen atoms in total. The van der Waals surface area contributed by atoms with Crippen LogP contribution in [0.2, 0.25) is 0 Å².